The molecule has 1 aromatic carbocycles. The Labute approximate surface area is 214 Å². The molecule has 0 saturated carbocycles. The predicted molar refractivity (Wildman–Crippen MR) is 131 cm³/mol. The van der Waals surface area contributed by atoms with Crippen molar-refractivity contribution < 1.29 is 22.8 Å². The van der Waals surface area contributed by atoms with Crippen molar-refractivity contribution in [1.29, 1.82) is 0 Å². The van der Waals surface area contributed by atoms with Crippen LogP contribution in [-0.2, 0) is 13.2 Å². The summed E-state index contributed by atoms with van der Waals surface area (Å²) in [6, 6.07) is 7.57. The van der Waals surface area contributed by atoms with Crippen LogP contribution < -0.4 is 10.6 Å². The highest BCUT2D eigenvalue weighted by molar-refractivity contribution is 6.05. The summed E-state index contributed by atoms with van der Waals surface area (Å²) < 4.78 is 43.7. The zero-order valence-corrected chi connectivity index (χ0v) is 20.7. The number of aryl methyl sites for hydroxylation is 2. The molecule has 14 heteroatoms. The van der Waals surface area contributed by atoms with Gasteiger partial charge in [0.05, 0.1) is 23.0 Å². The summed E-state index contributed by atoms with van der Waals surface area (Å²) in [7, 11) is 3.52. The molecule has 0 spiro atoms. The van der Waals surface area contributed by atoms with E-state index in [0.717, 1.165) is 18.2 Å². The molecule has 1 aliphatic heterocycles. The molecule has 0 aliphatic carbocycles. The molecule has 198 valence electrons. The molecular formula is C24H24F3N9O2. The minimum atomic E-state index is -4.64. The Morgan fingerprint density at radius 2 is 1.82 bits per heavy atom. The summed E-state index contributed by atoms with van der Waals surface area (Å²) in [6.07, 6.45) is -3.13. The number of hydrogen-bond acceptors (Lipinski definition) is 6. The molecule has 3 N–H and O–H groups in total. The molecule has 1 aliphatic rings. The van der Waals surface area contributed by atoms with E-state index in [2.05, 4.69) is 31.0 Å². The largest absolute Gasteiger partial charge is 0.417 e. The van der Waals surface area contributed by atoms with Gasteiger partial charge in [0.1, 0.15) is 5.82 Å². The third-order valence-electron chi connectivity index (χ3n) is 6.08. The molecule has 2 amide bonds. The number of nitrogens with zero attached hydrogens (tertiary/aromatic N) is 6. The zero-order chi connectivity index (χ0) is 27.2. The number of benzene rings is 1. The third kappa shape index (κ3) is 5.02. The van der Waals surface area contributed by atoms with E-state index >= 15 is 0 Å². The number of H-pyrrole nitrogens is 1. The first-order valence-corrected chi connectivity index (χ1v) is 11.6. The van der Waals surface area contributed by atoms with E-state index in [9.17, 15) is 22.8 Å². The Bertz CT molecular complexity index is 1510. The SMILES string of the molecule is Cc1cc(-n2nc(C(=O)NC3CN(C)C3)cc2NC(=O)c2ccc(C(F)(F)F)c(-c3ccn(C)n3)c2)[nH]n1. The number of rotatable bonds is 6. The number of amides is 2. The fourth-order valence-electron chi connectivity index (χ4n) is 4.22. The number of aromatic nitrogens is 6. The number of halogens is 3. The van der Waals surface area contributed by atoms with Gasteiger partial charge in [-0.25, -0.2) is 0 Å². The highest BCUT2D eigenvalue weighted by Crippen LogP contribution is 2.37. The maximum absolute atomic E-state index is 13.7. The number of likely N-dealkylation sites (N-methyl/N-ethyl adjacent to an activating group) is 1. The summed E-state index contributed by atoms with van der Waals surface area (Å²) in [4.78, 5) is 28.0. The number of hydrogen-bond donors (Lipinski definition) is 3. The fourth-order valence-corrected chi connectivity index (χ4v) is 4.22. The molecular weight excluding hydrogens is 503 g/mol. The van der Waals surface area contributed by atoms with Crippen LogP contribution in [0.5, 0.6) is 0 Å². The monoisotopic (exact) mass is 527 g/mol. The van der Waals surface area contributed by atoms with Crippen LogP contribution in [0.25, 0.3) is 17.1 Å². The second kappa shape index (κ2) is 9.45. The molecule has 3 aromatic heterocycles. The lowest BCUT2D eigenvalue weighted by molar-refractivity contribution is -0.137. The van der Waals surface area contributed by atoms with Gasteiger partial charge in [0.2, 0.25) is 0 Å². The Morgan fingerprint density at radius 3 is 2.42 bits per heavy atom. The second-order valence-electron chi connectivity index (χ2n) is 9.20. The van der Waals surface area contributed by atoms with Gasteiger partial charge in [0, 0.05) is 49.6 Å². The van der Waals surface area contributed by atoms with Gasteiger partial charge in [0.25, 0.3) is 11.8 Å². The van der Waals surface area contributed by atoms with Crippen molar-refractivity contribution in [2.75, 3.05) is 25.5 Å². The Hall–Kier alpha value is -4.46. The van der Waals surface area contributed by atoms with Crippen molar-refractivity contribution in [1.82, 2.24) is 40.0 Å². The van der Waals surface area contributed by atoms with Crippen LogP contribution in [0.1, 0.15) is 32.1 Å². The van der Waals surface area contributed by atoms with Gasteiger partial charge in [-0.3, -0.25) is 19.4 Å². The van der Waals surface area contributed by atoms with E-state index < -0.39 is 23.6 Å². The summed E-state index contributed by atoms with van der Waals surface area (Å²) in [5.41, 5.74) is -0.383. The lowest BCUT2D eigenvalue weighted by Gasteiger charge is -2.36. The molecule has 0 unspecified atom stereocenters. The molecule has 4 heterocycles. The molecule has 0 bridgehead atoms. The third-order valence-corrected chi connectivity index (χ3v) is 6.08. The standard InChI is InChI=1S/C24H24F3N9O2/c1-13-8-21(31-30-13)36-20(10-19(33-36)23(38)28-15-11-34(2)12-15)29-22(37)14-4-5-17(24(25,26)27)16(9-14)18-6-7-35(3)32-18/h4-10,15H,11-12H2,1-3H3,(H,28,38)(H,29,37)(H,30,31). The number of alkyl halides is 3. The van der Waals surface area contributed by atoms with E-state index in [4.69, 9.17) is 0 Å². The Kier molecular flexibility index (Phi) is 6.26. The summed E-state index contributed by atoms with van der Waals surface area (Å²) >= 11 is 0. The van der Waals surface area contributed by atoms with Gasteiger partial charge in [-0.05, 0) is 38.2 Å². The number of anilines is 1. The molecule has 1 saturated heterocycles. The van der Waals surface area contributed by atoms with Crippen LogP contribution in [0.2, 0.25) is 0 Å². The first-order valence-electron chi connectivity index (χ1n) is 11.6. The van der Waals surface area contributed by atoms with Crippen LogP contribution in [0.3, 0.4) is 0 Å². The number of carbonyl (C=O) groups is 2. The summed E-state index contributed by atoms with van der Waals surface area (Å²) in [5.74, 6) is -0.586. The number of likely N-dealkylation sites (tertiary alicyclic amines) is 1. The molecule has 1 fully saturated rings. The van der Waals surface area contributed by atoms with Crippen LogP contribution in [0.15, 0.2) is 42.6 Å². The maximum Gasteiger partial charge on any atom is 0.417 e. The average Bonchev–Trinajstić information content (AvgIpc) is 3.57. The van der Waals surface area contributed by atoms with Crippen molar-refractivity contribution >= 4 is 17.6 Å². The van der Waals surface area contributed by atoms with Gasteiger partial charge in [-0.1, -0.05) is 0 Å². The minimum Gasteiger partial charge on any atom is -0.345 e. The number of carbonyl (C=O) groups excluding carboxylic acids is 2. The van der Waals surface area contributed by atoms with Gasteiger partial charge < -0.3 is 15.5 Å². The fraction of sp³-hybridized carbons (Fsp3) is 0.292. The van der Waals surface area contributed by atoms with Crippen molar-refractivity contribution in [3.8, 4) is 17.1 Å². The van der Waals surface area contributed by atoms with E-state index in [1.165, 1.54) is 27.7 Å². The van der Waals surface area contributed by atoms with E-state index in [1.54, 1.807) is 20.0 Å². The van der Waals surface area contributed by atoms with Crippen LogP contribution in [-0.4, -0.2) is 72.7 Å². The lowest BCUT2D eigenvalue weighted by atomic mass is 10.0. The normalized spacial score (nSPS) is 14.4. The summed E-state index contributed by atoms with van der Waals surface area (Å²) in [5, 5.41) is 20.8. The van der Waals surface area contributed by atoms with E-state index in [-0.39, 0.29) is 34.4 Å². The molecule has 11 nitrogen and oxygen atoms in total. The maximum atomic E-state index is 13.7. The average molecular weight is 528 g/mol. The minimum absolute atomic E-state index is 0.0118. The smallest absolute Gasteiger partial charge is 0.345 e. The van der Waals surface area contributed by atoms with Crippen molar-refractivity contribution in [2.45, 2.75) is 19.1 Å². The molecule has 0 radical (unpaired) electrons. The van der Waals surface area contributed by atoms with Crippen molar-refractivity contribution in [3.05, 3.63) is 65.1 Å². The lowest BCUT2D eigenvalue weighted by Crippen LogP contribution is -2.57. The molecule has 38 heavy (non-hydrogen) atoms. The van der Waals surface area contributed by atoms with Crippen LogP contribution >= 0.6 is 0 Å². The first kappa shape index (κ1) is 25.2. The quantitative estimate of drug-likeness (QED) is 0.354. The van der Waals surface area contributed by atoms with Crippen LogP contribution in [0.4, 0.5) is 19.0 Å². The van der Waals surface area contributed by atoms with Gasteiger partial charge in [-0.15, -0.1) is 0 Å². The van der Waals surface area contributed by atoms with Crippen molar-refractivity contribution in [2.24, 2.45) is 7.05 Å². The molecule has 0 atom stereocenters. The zero-order valence-electron chi connectivity index (χ0n) is 20.7. The van der Waals surface area contributed by atoms with Crippen molar-refractivity contribution in [3.63, 3.8) is 0 Å². The highest BCUT2D eigenvalue weighted by atomic mass is 19.4. The topological polar surface area (TPSA) is 126 Å². The van der Waals surface area contributed by atoms with E-state index in [1.807, 2.05) is 11.9 Å². The number of aromatic amines is 1. The van der Waals surface area contributed by atoms with Gasteiger partial charge in [0.15, 0.2) is 11.5 Å². The molecule has 5 rings (SSSR count). The number of nitrogens with one attached hydrogen (secondary N) is 3. The predicted octanol–water partition coefficient (Wildman–Crippen LogP) is 2.62. The van der Waals surface area contributed by atoms with Gasteiger partial charge >= 0.3 is 6.18 Å². The first-order chi connectivity index (χ1) is 18.0. The van der Waals surface area contributed by atoms with Gasteiger partial charge in [-0.2, -0.15) is 33.1 Å². The second-order valence-corrected chi connectivity index (χ2v) is 9.20. The Morgan fingerprint density at radius 1 is 1.05 bits per heavy atom. The highest BCUT2D eigenvalue weighted by Gasteiger charge is 2.35. The van der Waals surface area contributed by atoms with E-state index in [0.29, 0.717) is 24.6 Å². The Balaban J connectivity index is 1.47. The molecule has 4 aromatic rings. The van der Waals surface area contributed by atoms with Crippen LogP contribution in [0, 0.1) is 6.92 Å². The summed E-state index contributed by atoms with van der Waals surface area (Å²) in [6.45, 7) is 3.18.